The van der Waals surface area contributed by atoms with Crippen LogP contribution in [0.25, 0.3) is 10.9 Å². The van der Waals surface area contributed by atoms with Gasteiger partial charge < -0.3 is 9.72 Å². The molecule has 0 bridgehead atoms. The van der Waals surface area contributed by atoms with Gasteiger partial charge in [-0.05, 0) is 42.8 Å². The van der Waals surface area contributed by atoms with E-state index in [0.717, 1.165) is 5.56 Å². The van der Waals surface area contributed by atoms with Crippen molar-refractivity contribution in [1.29, 1.82) is 0 Å². The van der Waals surface area contributed by atoms with Gasteiger partial charge in [-0.25, -0.2) is 4.39 Å². The van der Waals surface area contributed by atoms with Crippen LogP contribution in [-0.2, 0) is 4.79 Å². The number of aromatic nitrogens is 2. The number of aromatic amines is 1. The first-order chi connectivity index (χ1) is 11.0. The van der Waals surface area contributed by atoms with Crippen molar-refractivity contribution in [2.45, 2.75) is 13.8 Å². The third kappa shape index (κ3) is 2.83. The summed E-state index contributed by atoms with van der Waals surface area (Å²) < 4.78 is 18.6. The van der Waals surface area contributed by atoms with Gasteiger partial charge in [0, 0.05) is 18.5 Å². The van der Waals surface area contributed by atoms with Crippen molar-refractivity contribution in [3.63, 3.8) is 0 Å². The number of carbonyl (C=O) groups excluding carboxylic acids is 2. The maximum Gasteiger partial charge on any atom is 0.308 e. The van der Waals surface area contributed by atoms with E-state index in [1.807, 2.05) is 6.92 Å². The number of ether oxygens (including phenoxy) is 1. The number of rotatable bonds is 3. The second-order valence-corrected chi connectivity index (χ2v) is 5.16. The molecule has 1 aromatic carbocycles. The molecule has 6 heteroatoms. The number of pyridine rings is 1. The average molecular weight is 312 g/mol. The van der Waals surface area contributed by atoms with Crippen molar-refractivity contribution in [2.24, 2.45) is 0 Å². The number of fused-ring (bicyclic) bond motifs is 1. The van der Waals surface area contributed by atoms with E-state index in [9.17, 15) is 14.0 Å². The number of halogens is 1. The maximum atomic E-state index is 13.4. The lowest BCUT2D eigenvalue weighted by atomic mass is 10.1. The smallest absolute Gasteiger partial charge is 0.308 e. The summed E-state index contributed by atoms with van der Waals surface area (Å²) in [5.41, 5.74) is 1.53. The van der Waals surface area contributed by atoms with E-state index in [-0.39, 0.29) is 17.1 Å². The van der Waals surface area contributed by atoms with Crippen molar-refractivity contribution in [2.75, 3.05) is 0 Å². The number of carbonyl (C=O) groups is 2. The van der Waals surface area contributed by atoms with Gasteiger partial charge in [-0.2, -0.15) is 0 Å². The molecule has 0 saturated heterocycles. The molecule has 0 aliphatic heterocycles. The Morgan fingerprint density at radius 2 is 2.00 bits per heavy atom. The van der Waals surface area contributed by atoms with Crippen molar-refractivity contribution >= 4 is 22.7 Å². The number of H-pyrrole nitrogens is 1. The summed E-state index contributed by atoms with van der Waals surface area (Å²) in [4.78, 5) is 30.9. The lowest BCUT2D eigenvalue weighted by Gasteiger charge is -2.04. The normalized spacial score (nSPS) is 10.7. The van der Waals surface area contributed by atoms with Gasteiger partial charge >= 0.3 is 5.97 Å². The highest BCUT2D eigenvalue weighted by molar-refractivity contribution is 6.12. The van der Waals surface area contributed by atoms with E-state index in [2.05, 4.69) is 9.97 Å². The summed E-state index contributed by atoms with van der Waals surface area (Å²) in [7, 11) is 0. The fourth-order valence-electron chi connectivity index (χ4n) is 2.34. The lowest BCUT2D eigenvalue weighted by Crippen LogP contribution is -2.09. The molecule has 3 aromatic rings. The maximum absolute atomic E-state index is 13.4. The van der Waals surface area contributed by atoms with Crippen LogP contribution < -0.4 is 4.74 Å². The van der Waals surface area contributed by atoms with Crippen LogP contribution in [0.5, 0.6) is 5.75 Å². The molecule has 0 unspecified atom stereocenters. The van der Waals surface area contributed by atoms with E-state index in [1.54, 1.807) is 12.1 Å². The van der Waals surface area contributed by atoms with Gasteiger partial charge in [0.25, 0.3) is 0 Å². The summed E-state index contributed by atoms with van der Waals surface area (Å²) >= 11 is 0. The standard InChI is InChI=1S/C17H13FN2O3/c1-9-5-6-19-14(7-9)16(22)15-17(23-10(2)21)12-4-3-11(18)8-13(12)20-15/h3-8,20H,1-2H3. The third-order valence-electron chi connectivity index (χ3n) is 3.33. The van der Waals surface area contributed by atoms with E-state index in [1.165, 1.54) is 31.3 Å². The summed E-state index contributed by atoms with van der Waals surface area (Å²) in [6.07, 6.45) is 1.52. The number of hydrogen-bond donors (Lipinski definition) is 1. The van der Waals surface area contributed by atoms with Crippen molar-refractivity contribution in [3.05, 3.63) is 59.3 Å². The molecule has 0 spiro atoms. The first kappa shape index (κ1) is 14.9. The lowest BCUT2D eigenvalue weighted by molar-refractivity contribution is -0.131. The summed E-state index contributed by atoms with van der Waals surface area (Å²) in [5, 5.41) is 0.456. The Morgan fingerprint density at radius 3 is 2.70 bits per heavy atom. The Labute approximate surface area is 131 Å². The molecule has 1 N–H and O–H groups in total. The minimum Gasteiger partial charge on any atom is -0.424 e. The highest BCUT2D eigenvalue weighted by atomic mass is 19.1. The van der Waals surface area contributed by atoms with Crippen molar-refractivity contribution < 1.29 is 18.7 Å². The molecule has 2 heterocycles. The zero-order chi connectivity index (χ0) is 16.6. The minimum atomic E-state index is -0.568. The van der Waals surface area contributed by atoms with Crippen LogP contribution in [0.3, 0.4) is 0 Å². The average Bonchev–Trinajstić information content (AvgIpc) is 2.83. The Morgan fingerprint density at radius 1 is 1.22 bits per heavy atom. The van der Waals surface area contributed by atoms with Crippen LogP contribution in [0.2, 0.25) is 0 Å². The quantitative estimate of drug-likeness (QED) is 0.595. The van der Waals surface area contributed by atoms with Gasteiger partial charge in [0.15, 0.2) is 5.75 Å². The van der Waals surface area contributed by atoms with Crippen LogP contribution in [0.4, 0.5) is 4.39 Å². The number of hydrogen-bond acceptors (Lipinski definition) is 4. The molecular formula is C17H13FN2O3. The van der Waals surface area contributed by atoms with E-state index in [4.69, 9.17) is 4.74 Å². The fourth-order valence-corrected chi connectivity index (χ4v) is 2.34. The van der Waals surface area contributed by atoms with E-state index in [0.29, 0.717) is 10.9 Å². The number of benzene rings is 1. The highest BCUT2D eigenvalue weighted by Crippen LogP contribution is 2.32. The van der Waals surface area contributed by atoms with Gasteiger partial charge in [0.2, 0.25) is 5.78 Å². The van der Waals surface area contributed by atoms with Crippen LogP contribution >= 0.6 is 0 Å². The SMILES string of the molecule is CC(=O)Oc1c(C(=O)c2cc(C)ccn2)[nH]c2cc(F)ccc12. The molecule has 3 rings (SSSR count). The van der Waals surface area contributed by atoms with Gasteiger partial charge in [-0.1, -0.05) is 0 Å². The van der Waals surface area contributed by atoms with Crippen molar-refractivity contribution in [1.82, 2.24) is 9.97 Å². The second-order valence-electron chi connectivity index (χ2n) is 5.16. The Kier molecular flexibility index (Phi) is 3.65. The van der Waals surface area contributed by atoms with Crippen molar-refractivity contribution in [3.8, 4) is 5.75 Å². The van der Waals surface area contributed by atoms with E-state index >= 15 is 0 Å². The predicted molar refractivity (Wildman–Crippen MR) is 82.0 cm³/mol. The van der Waals surface area contributed by atoms with Crippen LogP contribution in [-0.4, -0.2) is 21.7 Å². The Bertz CT molecular complexity index is 931. The number of ketones is 1. The highest BCUT2D eigenvalue weighted by Gasteiger charge is 2.23. The minimum absolute atomic E-state index is 0.0684. The van der Waals surface area contributed by atoms with Gasteiger partial charge in [-0.3, -0.25) is 14.6 Å². The first-order valence-corrected chi connectivity index (χ1v) is 6.92. The van der Waals surface area contributed by atoms with Gasteiger partial charge in [0.1, 0.15) is 17.2 Å². The molecule has 116 valence electrons. The molecule has 23 heavy (non-hydrogen) atoms. The molecule has 0 radical (unpaired) electrons. The molecular weight excluding hydrogens is 299 g/mol. The largest absolute Gasteiger partial charge is 0.424 e. The summed E-state index contributed by atoms with van der Waals surface area (Å²) in [6.45, 7) is 3.08. The van der Waals surface area contributed by atoms with Crippen LogP contribution in [0, 0.1) is 12.7 Å². The molecule has 5 nitrogen and oxygen atoms in total. The topological polar surface area (TPSA) is 72.1 Å². The molecule has 0 fully saturated rings. The third-order valence-corrected chi connectivity index (χ3v) is 3.33. The number of nitrogens with zero attached hydrogens (tertiary/aromatic N) is 1. The molecule has 0 saturated carbocycles. The molecule has 2 aromatic heterocycles. The summed E-state index contributed by atoms with van der Waals surface area (Å²) in [6, 6.07) is 7.33. The first-order valence-electron chi connectivity index (χ1n) is 6.92. The Hall–Kier alpha value is -3.02. The molecule has 0 atom stereocenters. The zero-order valence-corrected chi connectivity index (χ0v) is 12.5. The zero-order valence-electron chi connectivity index (χ0n) is 12.5. The molecule has 0 aliphatic rings. The van der Waals surface area contributed by atoms with Crippen LogP contribution in [0.1, 0.15) is 28.7 Å². The summed E-state index contributed by atoms with van der Waals surface area (Å²) in [5.74, 6) is -1.37. The predicted octanol–water partition coefficient (Wildman–Crippen LogP) is 3.17. The Balaban J connectivity index is 2.19. The van der Waals surface area contributed by atoms with E-state index < -0.39 is 17.6 Å². The fraction of sp³-hybridized carbons (Fsp3) is 0.118. The van der Waals surface area contributed by atoms with Gasteiger partial charge in [0.05, 0.1) is 5.52 Å². The van der Waals surface area contributed by atoms with Gasteiger partial charge in [-0.15, -0.1) is 0 Å². The number of aryl methyl sites for hydroxylation is 1. The number of esters is 1. The van der Waals surface area contributed by atoms with Crippen LogP contribution in [0.15, 0.2) is 36.5 Å². The number of nitrogens with one attached hydrogen (secondary N) is 1. The molecule has 0 amide bonds. The monoisotopic (exact) mass is 312 g/mol. The molecule has 0 aliphatic carbocycles. The second kappa shape index (κ2) is 5.64.